The molecule has 2 radical (unpaired) electrons. The molecule has 0 rings (SSSR count). The third kappa shape index (κ3) is 5.91. The van der Waals surface area contributed by atoms with Crippen LogP contribution in [-0.4, -0.2) is 18.7 Å². The Kier molecular flexibility index (Phi) is 2.25. The molecule has 0 unspecified atom stereocenters. The smallest absolute Gasteiger partial charge is 0.264 e. The first kappa shape index (κ1) is 6.91. The van der Waals surface area contributed by atoms with E-state index < -0.39 is 10.1 Å². The molecule has 0 aliphatic heterocycles. The Morgan fingerprint density at radius 1 is 1.57 bits per heavy atom. The summed E-state index contributed by atoms with van der Waals surface area (Å²) in [5, 5.41) is 0. The Labute approximate surface area is 43.1 Å². The van der Waals surface area contributed by atoms with E-state index >= 15 is 0 Å². The van der Waals surface area contributed by atoms with E-state index in [4.69, 9.17) is 11.5 Å². The van der Waals surface area contributed by atoms with Gasteiger partial charge in [-0.2, -0.15) is 8.42 Å². The summed E-state index contributed by atoms with van der Waals surface area (Å²) in [5.74, 6) is -0.354. The van der Waals surface area contributed by atoms with Gasteiger partial charge in [-0.3, -0.25) is 4.55 Å². The largest absolute Gasteiger partial charge is 0.286 e. The van der Waals surface area contributed by atoms with E-state index in [1.54, 1.807) is 0 Å². The highest BCUT2D eigenvalue weighted by molar-refractivity contribution is 7.85. The minimum Gasteiger partial charge on any atom is -0.286 e. The molecule has 0 atom stereocenters. The molecule has 3 nitrogen and oxygen atoms in total. The molecule has 1 N–H and O–H groups in total. The van der Waals surface area contributed by atoms with Crippen molar-refractivity contribution in [1.29, 1.82) is 0 Å². The van der Waals surface area contributed by atoms with Crippen molar-refractivity contribution in [2.45, 2.75) is 6.42 Å². The molecule has 0 aromatic heterocycles. The van der Waals surface area contributed by atoms with Crippen LogP contribution >= 0.6 is 0 Å². The van der Waals surface area contributed by atoms with E-state index in [9.17, 15) is 8.42 Å². The van der Waals surface area contributed by atoms with Gasteiger partial charge < -0.3 is 0 Å². The van der Waals surface area contributed by atoms with Crippen LogP contribution in [0.1, 0.15) is 6.42 Å². The Hall–Kier alpha value is -0.0900. The number of rotatable bonds is 2. The predicted octanol–water partition coefficient (Wildman–Crippen LogP) is -0.0246. The second kappa shape index (κ2) is 2.28. The number of hydrogen-bond donors (Lipinski definition) is 1. The molecule has 0 fully saturated rings. The summed E-state index contributed by atoms with van der Waals surface area (Å²) < 4.78 is 27.3. The fourth-order valence-corrected chi connectivity index (χ4v) is 0.447. The topological polar surface area (TPSA) is 54.4 Å². The quantitative estimate of drug-likeness (QED) is 0.523. The Bertz CT molecular complexity index is 123. The maximum Gasteiger partial charge on any atom is 0.264 e. The van der Waals surface area contributed by atoms with Crippen molar-refractivity contribution in [3.8, 4) is 0 Å². The van der Waals surface area contributed by atoms with Gasteiger partial charge in [-0.15, -0.1) is 0 Å². The standard InChI is InChI=1S/C3H6O3S/c1-2-3-7(4,5)6/h1H,2-3H2,(H,4,5,6). The normalized spacial score (nSPS) is 11.7. The molecule has 0 amide bonds. The summed E-state index contributed by atoms with van der Waals surface area (Å²) in [4.78, 5) is 0. The summed E-state index contributed by atoms with van der Waals surface area (Å²) in [7, 11) is -3.80. The maximum absolute atomic E-state index is 9.71. The molecule has 4 heteroatoms. The lowest BCUT2D eigenvalue weighted by molar-refractivity contribution is 0.483. The molecule has 0 aliphatic carbocycles. The van der Waals surface area contributed by atoms with E-state index in [2.05, 4.69) is 0 Å². The molecule has 0 saturated heterocycles. The minimum atomic E-state index is -3.80. The lowest BCUT2D eigenvalue weighted by Gasteiger charge is -1.85. The molecule has 0 spiro atoms. The lowest BCUT2D eigenvalue weighted by atomic mass is 10.6. The van der Waals surface area contributed by atoms with Crippen LogP contribution in [0.5, 0.6) is 0 Å². The van der Waals surface area contributed by atoms with Crippen LogP contribution in [0, 0.1) is 6.92 Å². The molecule has 0 heterocycles. The maximum atomic E-state index is 9.71. The van der Waals surface area contributed by atoms with E-state index in [1.165, 1.54) is 0 Å². The van der Waals surface area contributed by atoms with Crippen LogP contribution in [-0.2, 0) is 10.1 Å². The first-order valence-corrected chi connectivity index (χ1v) is 3.32. The van der Waals surface area contributed by atoms with Gasteiger partial charge >= 0.3 is 0 Å². The first-order chi connectivity index (χ1) is 3.06. The molecular weight excluding hydrogens is 116 g/mol. The van der Waals surface area contributed by atoms with Crippen molar-refractivity contribution in [2.75, 3.05) is 5.75 Å². The van der Waals surface area contributed by atoms with Crippen LogP contribution in [0.4, 0.5) is 0 Å². The SMILES string of the molecule is [CH]CCS(=O)(=O)O. The third-order valence-electron chi connectivity index (χ3n) is 0.376. The molecule has 0 aromatic carbocycles. The van der Waals surface area contributed by atoms with Gasteiger partial charge in [0, 0.05) is 0 Å². The van der Waals surface area contributed by atoms with Crippen LogP contribution in [0.25, 0.3) is 0 Å². The highest BCUT2D eigenvalue weighted by Crippen LogP contribution is 1.83. The van der Waals surface area contributed by atoms with Gasteiger partial charge in [0.2, 0.25) is 0 Å². The molecular formula is C3H6O3S. The zero-order valence-corrected chi connectivity index (χ0v) is 4.48. The summed E-state index contributed by atoms with van der Waals surface area (Å²) in [6.45, 7) is 4.78. The van der Waals surface area contributed by atoms with Crippen molar-refractivity contribution < 1.29 is 13.0 Å². The van der Waals surface area contributed by atoms with Gasteiger partial charge in [0.25, 0.3) is 10.1 Å². The molecule has 42 valence electrons. The Morgan fingerprint density at radius 2 is 2.00 bits per heavy atom. The summed E-state index contributed by atoms with van der Waals surface area (Å²) in [6, 6.07) is 0. The Balaban J connectivity index is 3.60. The molecule has 0 bridgehead atoms. The van der Waals surface area contributed by atoms with Gasteiger partial charge in [-0.25, -0.2) is 0 Å². The minimum absolute atomic E-state index is 0.0289. The van der Waals surface area contributed by atoms with Gasteiger partial charge in [-0.1, -0.05) is 0 Å². The molecule has 0 saturated carbocycles. The second-order valence-electron chi connectivity index (χ2n) is 1.07. The highest BCUT2D eigenvalue weighted by atomic mass is 32.2. The highest BCUT2D eigenvalue weighted by Gasteiger charge is 1.98. The second-order valence-corrected chi connectivity index (χ2v) is 2.65. The molecule has 0 aromatic rings. The zero-order valence-electron chi connectivity index (χ0n) is 3.66. The van der Waals surface area contributed by atoms with Crippen LogP contribution < -0.4 is 0 Å². The van der Waals surface area contributed by atoms with Gasteiger partial charge in [0.15, 0.2) is 0 Å². The van der Waals surface area contributed by atoms with Gasteiger partial charge in [0.1, 0.15) is 0 Å². The third-order valence-corrected chi connectivity index (χ3v) is 1.13. The lowest BCUT2D eigenvalue weighted by Crippen LogP contribution is -2.01. The van der Waals surface area contributed by atoms with Crippen LogP contribution in [0.3, 0.4) is 0 Å². The van der Waals surface area contributed by atoms with Crippen molar-refractivity contribution >= 4 is 10.1 Å². The van der Waals surface area contributed by atoms with Gasteiger partial charge in [0.05, 0.1) is 5.75 Å². The first-order valence-electron chi connectivity index (χ1n) is 1.71. The van der Waals surface area contributed by atoms with E-state index in [-0.39, 0.29) is 12.2 Å². The molecule has 0 aliphatic rings. The summed E-state index contributed by atoms with van der Waals surface area (Å²) in [5.41, 5.74) is 0. The van der Waals surface area contributed by atoms with Crippen molar-refractivity contribution in [3.63, 3.8) is 0 Å². The van der Waals surface area contributed by atoms with Crippen molar-refractivity contribution in [2.24, 2.45) is 0 Å². The van der Waals surface area contributed by atoms with Crippen LogP contribution in [0.15, 0.2) is 0 Å². The van der Waals surface area contributed by atoms with Crippen molar-refractivity contribution in [1.82, 2.24) is 0 Å². The average Bonchev–Trinajstić information content (AvgIpc) is 1.30. The van der Waals surface area contributed by atoms with Crippen LogP contribution in [0.2, 0.25) is 0 Å². The summed E-state index contributed by atoms with van der Waals surface area (Å²) in [6.07, 6.45) is -0.0289. The van der Waals surface area contributed by atoms with E-state index in [0.29, 0.717) is 0 Å². The van der Waals surface area contributed by atoms with E-state index in [0.717, 1.165) is 0 Å². The van der Waals surface area contributed by atoms with Gasteiger partial charge in [-0.05, 0) is 13.3 Å². The predicted molar refractivity (Wildman–Crippen MR) is 25.3 cm³/mol. The van der Waals surface area contributed by atoms with Crippen molar-refractivity contribution in [3.05, 3.63) is 6.92 Å². The molecule has 7 heavy (non-hydrogen) atoms. The number of hydrogen-bond acceptors (Lipinski definition) is 2. The van der Waals surface area contributed by atoms with E-state index in [1.807, 2.05) is 0 Å². The summed E-state index contributed by atoms with van der Waals surface area (Å²) >= 11 is 0. The fourth-order valence-electron chi connectivity index (χ4n) is 0.149. The zero-order chi connectivity index (χ0) is 5.91. The monoisotopic (exact) mass is 122 g/mol. The average molecular weight is 122 g/mol. The Morgan fingerprint density at radius 3 is 2.00 bits per heavy atom. The fraction of sp³-hybridized carbons (Fsp3) is 0.667.